The van der Waals surface area contributed by atoms with Crippen LogP contribution >= 0.6 is 22.9 Å². The number of aromatic amines is 1. The number of nitrogens with zero attached hydrogens (tertiary/aromatic N) is 1. The second-order valence-electron chi connectivity index (χ2n) is 4.96. The smallest absolute Gasteiger partial charge is 0.141 e. The molecule has 0 unspecified atom stereocenters. The molecule has 2 nitrogen and oxygen atoms in total. The van der Waals surface area contributed by atoms with Crippen molar-refractivity contribution in [3.8, 4) is 22.3 Å². The summed E-state index contributed by atoms with van der Waals surface area (Å²) >= 11 is 7.55. The lowest BCUT2D eigenvalue weighted by molar-refractivity contribution is 0.628. The zero-order chi connectivity index (χ0) is 15.1. The van der Waals surface area contributed by atoms with Gasteiger partial charge in [0, 0.05) is 28.9 Å². The van der Waals surface area contributed by atoms with E-state index in [2.05, 4.69) is 27.5 Å². The monoisotopic (exact) mass is 328 g/mol. The standard InChI is InChI=1S/C17H10ClFN2S/c18-15-6-10(1-2-16(15)19)14-8-21-17-13(14)5-12(7-20-17)11-3-4-22-9-11/h1-9H,(H,20,21). The van der Waals surface area contributed by atoms with E-state index in [0.717, 1.165) is 33.3 Å². The Morgan fingerprint density at radius 3 is 2.77 bits per heavy atom. The highest BCUT2D eigenvalue weighted by molar-refractivity contribution is 7.08. The van der Waals surface area contributed by atoms with Crippen LogP contribution in [0.4, 0.5) is 4.39 Å². The van der Waals surface area contributed by atoms with Gasteiger partial charge in [0.25, 0.3) is 0 Å². The fourth-order valence-corrected chi connectivity index (χ4v) is 3.34. The average molecular weight is 329 g/mol. The first-order valence-corrected chi connectivity index (χ1v) is 7.99. The van der Waals surface area contributed by atoms with Crippen LogP contribution in [0, 0.1) is 5.82 Å². The molecule has 0 saturated carbocycles. The third-order valence-electron chi connectivity index (χ3n) is 3.62. The zero-order valence-corrected chi connectivity index (χ0v) is 12.9. The lowest BCUT2D eigenvalue weighted by atomic mass is 10.0. The number of H-pyrrole nitrogens is 1. The summed E-state index contributed by atoms with van der Waals surface area (Å²) in [5, 5.41) is 5.24. The van der Waals surface area contributed by atoms with Crippen LogP contribution in [0.25, 0.3) is 33.3 Å². The van der Waals surface area contributed by atoms with Crippen LogP contribution in [0.5, 0.6) is 0 Å². The number of hydrogen-bond donors (Lipinski definition) is 1. The highest BCUT2D eigenvalue weighted by Crippen LogP contribution is 2.33. The second-order valence-corrected chi connectivity index (χ2v) is 6.15. The minimum Gasteiger partial charge on any atom is -0.346 e. The first-order chi connectivity index (χ1) is 10.7. The van der Waals surface area contributed by atoms with Crippen LogP contribution in [0.3, 0.4) is 0 Å². The quantitative estimate of drug-likeness (QED) is 0.498. The first kappa shape index (κ1) is 13.5. The maximum Gasteiger partial charge on any atom is 0.141 e. The van der Waals surface area contributed by atoms with E-state index >= 15 is 0 Å². The normalized spacial score (nSPS) is 11.2. The number of fused-ring (bicyclic) bond motifs is 1. The van der Waals surface area contributed by atoms with Gasteiger partial charge in [0.2, 0.25) is 0 Å². The van der Waals surface area contributed by atoms with Crippen molar-refractivity contribution < 1.29 is 4.39 Å². The number of nitrogens with one attached hydrogen (secondary N) is 1. The van der Waals surface area contributed by atoms with Gasteiger partial charge >= 0.3 is 0 Å². The van der Waals surface area contributed by atoms with E-state index in [1.165, 1.54) is 6.07 Å². The summed E-state index contributed by atoms with van der Waals surface area (Å²) in [4.78, 5) is 7.61. The molecule has 0 radical (unpaired) electrons. The average Bonchev–Trinajstić information content (AvgIpc) is 3.18. The molecule has 1 N–H and O–H groups in total. The van der Waals surface area contributed by atoms with Crippen molar-refractivity contribution in [3.05, 3.63) is 64.3 Å². The summed E-state index contributed by atoms with van der Waals surface area (Å²) in [5.74, 6) is -0.414. The Bertz CT molecular complexity index is 960. The topological polar surface area (TPSA) is 28.7 Å². The van der Waals surface area contributed by atoms with Crippen LogP contribution in [0.2, 0.25) is 5.02 Å². The Labute approximate surface area is 135 Å². The number of thiophene rings is 1. The molecule has 0 bridgehead atoms. The lowest BCUT2D eigenvalue weighted by Gasteiger charge is -2.03. The fourth-order valence-electron chi connectivity index (χ4n) is 2.49. The summed E-state index contributed by atoms with van der Waals surface area (Å²) < 4.78 is 13.4. The van der Waals surface area contributed by atoms with Crippen LogP contribution in [0.15, 0.2) is 53.5 Å². The molecule has 0 atom stereocenters. The highest BCUT2D eigenvalue weighted by atomic mass is 35.5. The van der Waals surface area contributed by atoms with Gasteiger partial charge in [-0.3, -0.25) is 0 Å². The minimum absolute atomic E-state index is 0.119. The van der Waals surface area contributed by atoms with Crippen molar-refractivity contribution in [2.75, 3.05) is 0 Å². The molecule has 4 aromatic rings. The van der Waals surface area contributed by atoms with Crippen molar-refractivity contribution in [2.24, 2.45) is 0 Å². The molecule has 0 saturated heterocycles. The molecular weight excluding hydrogens is 319 g/mol. The highest BCUT2D eigenvalue weighted by Gasteiger charge is 2.11. The molecule has 3 heterocycles. The van der Waals surface area contributed by atoms with Crippen molar-refractivity contribution in [1.29, 1.82) is 0 Å². The second kappa shape index (κ2) is 5.23. The van der Waals surface area contributed by atoms with Gasteiger partial charge in [0.1, 0.15) is 11.5 Å². The molecule has 4 rings (SSSR count). The van der Waals surface area contributed by atoms with Gasteiger partial charge in [0.05, 0.1) is 5.02 Å². The van der Waals surface area contributed by atoms with Gasteiger partial charge in [-0.05, 0) is 46.2 Å². The number of aromatic nitrogens is 2. The van der Waals surface area contributed by atoms with E-state index in [4.69, 9.17) is 11.6 Å². The molecule has 0 fully saturated rings. The summed E-state index contributed by atoms with van der Waals surface area (Å²) in [6, 6.07) is 8.90. The molecule has 3 aromatic heterocycles. The van der Waals surface area contributed by atoms with E-state index in [-0.39, 0.29) is 5.02 Å². The maximum absolute atomic E-state index is 13.4. The van der Waals surface area contributed by atoms with E-state index in [1.807, 2.05) is 17.8 Å². The number of hydrogen-bond acceptors (Lipinski definition) is 2. The van der Waals surface area contributed by atoms with Crippen LogP contribution in [-0.2, 0) is 0 Å². The molecule has 108 valence electrons. The van der Waals surface area contributed by atoms with Gasteiger partial charge in [-0.25, -0.2) is 9.37 Å². The van der Waals surface area contributed by atoms with Crippen LogP contribution in [0.1, 0.15) is 0 Å². The number of rotatable bonds is 2. The number of halogens is 2. The Hall–Kier alpha value is -2.17. The molecule has 1 aromatic carbocycles. The summed E-state index contributed by atoms with van der Waals surface area (Å²) in [5.41, 5.74) is 4.82. The van der Waals surface area contributed by atoms with E-state index in [9.17, 15) is 4.39 Å². The Morgan fingerprint density at radius 2 is 2.00 bits per heavy atom. The minimum atomic E-state index is -0.414. The Morgan fingerprint density at radius 1 is 1.09 bits per heavy atom. The van der Waals surface area contributed by atoms with Gasteiger partial charge in [0.15, 0.2) is 0 Å². The van der Waals surface area contributed by atoms with Crippen molar-refractivity contribution in [3.63, 3.8) is 0 Å². The molecule has 5 heteroatoms. The first-order valence-electron chi connectivity index (χ1n) is 6.67. The molecule has 0 aliphatic rings. The molecule has 0 aliphatic heterocycles. The van der Waals surface area contributed by atoms with Gasteiger partial charge < -0.3 is 4.98 Å². The van der Waals surface area contributed by atoms with Gasteiger partial charge in [-0.2, -0.15) is 11.3 Å². The van der Waals surface area contributed by atoms with Crippen LogP contribution < -0.4 is 0 Å². The fraction of sp³-hybridized carbons (Fsp3) is 0. The summed E-state index contributed by atoms with van der Waals surface area (Å²) in [6.45, 7) is 0. The largest absolute Gasteiger partial charge is 0.346 e. The van der Waals surface area contributed by atoms with Crippen molar-refractivity contribution in [2.45, 2.75) is 0 Å². The number of benzene rings is 1. The molecule has 0 spiro atoms. The van der Waals surface area contributed by atoms with Gasteiger partial charge in [-0.15, -0.1) is 0 Å². The van der Waals surface area contributed by atoms with Crippen molar-refractivity contribution >= 4 is 34.0 Å². The SMILES string of the molecule is Fc1ccc(-c2c[nH]c3ncc(-c4ccsc4)cc23)cc1Cl. The number of pyridine rings is 1. The summed E-state index contributed by atoms with van der Waals surface area (Å²) in [6.07, 6.45) is 3.72. The maximum atomic E-state index is 13.4. The predicted octanol–water partition coefficient (Wildman–Crippen LogP) is 5.75. The zero-order valence-electron chi connectivity index (χ0n) is 11.3. The molecule has 0 aliphatic carbocycles. The molecular formula is C17H10ClFN2S. The third-order valence-corrected chi connectivity index (χ3v) is 4.59. The predicted molar refractivity (Wildman–Crippen MR) is 89.8 cm³/mol. The Balaban J connectivity index is 1.91. The third kappa shape index (κ3) is 2.21. The summed E-state index contributed by atoms with van der Waals surface area (Å²) in [7, 11) is 0. The van der Waals surface area contributed by atoms with E-state index < -0.39 is 5.82 Å². The van der Waals surface area contributed by atoms with Gasteiger partial charge in [-0.1, -0.05) is 17.7 Å². The van der Waals surface area contributed by atoms with E-state index in [1.54, 1.807) is 23.5 Å². The van der Waals surface area contributed by atoms with Crippen LogP contribution in [-0.4, -0.2) is 9.97 Å². The van der Waals surface area contributed by atoms with Crippen molar-refractivity contribution in [1.82, 2.24) is 9.97 Å². The molecule has 22 heavy (non-hydrogen) atoms. The Kier molecular flexibility index (Phi) is 3.21. The molecule has 0 amide bonds. The van der Waals surface area contributed by atoms with E-state index in [0.29, 0.717) is 0 Å². The lowest BCUT2D eigenvalue weighted by Crippen LogP contribution is -1.82.